The summed E-state index contributed by atoms with van der Waals surface area (Å²) < 4.78 is 11.0. The van der Waals surface area contributed by atoms with E-state index in [2.05, 4.69) is 14.9 Å². The first kappa shape index (κ1) is 17.0. The molecule has 0 spiro atoms. The van der Waals surface area contributed by atoms with Crippen LogP contribution in [0.4, 0.5) is 5.95 Å². The van der Waals surface area contributed by atoms with Crippen molar-refractivity contribution in [3.63, 3.8) is 0 Å². The van der Waals surface area contributed by atoms with E-state index in [9.17, 15) is 4.79 Å². The lowest BCUT2D eigenvalue weighted by Crippen LogP contribution is -2.37. The number of rotatable bonds is 3. The van der Waals surface area contributed by atoms with Crippen molar-refractivity contribution in [3.8, 4) is 0 Å². The molecule has 0 aromatic carbocycles. The first-order chi connectivity index (χ1) is 12.8. The summed E-state index contributed by atoms with van der Waals surface area (Å²) >= 11 is 0. The second-order valence-corrected chi connectivity index (χ2v) is 6.75. The molecule has 0 aliphatic carbocycles. The summed E-state index contributed by atoms with van der Waals surface area (Å²) in [6, 6.07) is 3.82. The van der Waals surface area contributed by atoms with Crippen LogP contribution in [0.5, 0.6) is 0 Å². The van der Waals surface area contributed by atoms with Gasteiger partial charge in [0.05, 0.1) is 31.1 Å². The molecule has 2 aromatic rings. The summed E-state index contributed by atoms with van der Waals surface area (Å²) in [7, 11) is 0. The molecule has 0 saturated carbocycles. The van der Waals surface area contributed by atoms with E-state index >= 15 is 0 Å². The molecule has 4 rings (SSSR count). The average molecular weight is 356 g/mol. The number of nitrogens with zero attached hydrogens (tertiary/aromatic N) is 4. The average Bonchev–Trinajstić information content (AvgIpc) is 3.13. The minimum atomic E-state index is -0.0261. The number of morpholine rings is 1. The van der Waals surface area contributed by atoms with Crippen molar-refractivity contribution in [3.05, 3.63) is 42.1 Å². The lowest BCUT2D eigenvalue weighted by molar-refractivity contribution is 0.0657. The molecule has 4 heterocycles. The van der Waals surface area contributed by atoms with E-state index in [-0.39, 0.29) is 11.9 Å². The molecule has 7 nitrogen and oxygen atoms in total. The Labute approximate surface area is 153 Å². The zero-order valence-corrected chi connectivity index (χ0v) is 14.8. The van der Waals surface area contributed by atoms with Gasteiger partial charge in [0.2, 0.25) is 5.95 Å². The van der Waals surface area contributed by atoms with Gasteiger partial charge in [-0.1, -0.05) is 12.8 Å². The van der Waals surface area contributed by atoms with Crippen molar-refractivity contribution in [1.82, 2.24) is 14.9 Å². The number of likely N-dealkylation sites (tertiary alicyclic amines) is 1. The number of hydrogen-bond donors (Lipinski definition) is 0. The lowest BCUT2D eigenvalue weighted by atomic mass is 10.1. The van der Waals surface area contributed by atoms with E-state index in [1.165, 1.54) is 0 Å². The van der Waals surface area contributed by atoms with Crippen LogP contribution in [0.1, 0.15) is 47.8 Å². The Morgan fingerprint density at radius 2 is 1.88 bits per heavy atom. The van der Waals surface area contributed by atoms with Crippen molar-refractivity contribution in [1.29, 1.82) is 0 Å². The van der Waals surface area contributed by atoms with Crippen LogP contribution >= 0.6 is 0 Å². The van der Waals surface area contributed by atoms with Crippen molar-refractivity contribution < 1.29 is 13.9 Å². The van der Waals surface area contributed by atoms with Gasteiger partial charge in [0.15, 0.2) is 0 Å². The van der Waals surface area contributed by atoms with Crippen LogP contribution in [0.2, 0.25) is 0 Å². The van der Waals surface area contributed by atoms with Crippen LogP contribution in [0.3, 0.4) is 0 Å². The summed E-state index contributed by atoms with van der Waals surface area (Å²) in [5, 5.41) is 0. The molecular weight excluding hydrogens is 332 g/mol. The second kappa shape index (κ2) is 7.86. The number of aromatic nitrogens is 2. The number of carbonyl (C=O) groups is 1. The highest BCUT2D eigenvalue weighted by Gasteiger charge is 2.29. The topological polar surface area (TPSA) is 71.7 Å². The van der Waals surface area contributed by atoms with Crippen molar-refractivity contribution in [2.75, 3.05) is 37.7 Å². The fourth-order valence-electron chi connectivity index (χ4n) is 3.65. The first-order valence-electron chi connectivity index (χ1n) is 9.32. The Hall–Kier alpha value is -2.41. The number of furan rings is 1. The molecule has 0 bridgehead atoms. The first-order valence-corrected chi connectivity index (χ1v) is 9.32. The standard InChI is InChI=1S/C19H24N4O3/c24-18(15-13-20-19(21-14-15)22-8-11-25-12-9-22)23-7-3-1-2-5-16(23)17-6-4-10-26-17/h4,6,10,13-14,16H,1-3,5,7-9,11-12H2. The number of amides is 1. The molecule has 138 valence electrons. The van der Waals surface area contributed by atoms with Gasteiger partial charge in [-0.05, 0) is 25.0 Å². The fraction of sp³-hybridized carbons (Fsp3) is 0.526. The quantitative estimate of drug-likeness (QED) is 0.842. The molecule has 2 fully saturated rings. The van der Waals surface area contributed by atoms with Gasteiger partial charge in [-0.3, -0.25) is 4.79 Å². The Morgan fingerprint density at radius 1 is 1.08 bits per heavy atom. The van der Waals surface area contributed by atoms with Gasteiger partial charge in [0, 0.05) is 32.0 Å². The monoisotopic (exact) mass is 356 g/mol. The molecule has 0 N–H and O–H groups in total. The normalized spacial score (nSPS) is 21.5. The zero-order chi connectivity index (χ0) is 17.8. The van der Waals surface area contributed by atoms with Gasteiger partial charge >= 0.3 is 0 Å². The van der Waals surface area contributed by atoms with Crippen molar-refractivity contribution in [2.24, 2.45) is 0 Å². The van der Waals surface area contributed by atoms with Crippen LogP contribution in [0.15, 0.2) is 35.2 Å². The second-order valence-electron chi connectivity index (χ2n) is 6.75. The summed E-state index contributed by atoms with van der Waals surface area (Å²) in [6.07, 6.45) is 9.12. The highest BCUT2D eigenvalue weighted by atomic mass is 16.5. The van der Waals surface area contributed by atoms with Gasteiger partial charge in [-0.15, -0.1) is 0 Å². The molecule has 2 aliphatic heterocycles. The molecule has 0 radical (unpaired) electrons. The maximum atomic E-state index is 13.1. The highest BCUT2D eigenvalue weighted by Crippen LogP contribution is 2.31. The fourth-order valence-corrected chi connectivity index (χ4v) is 3.65. The lowest BCUT2D eigenvalue weighted by Gasteiger charge is -2.29. The van der Waals surface area contributed by atoms with Crippen LogP contribution in [0, 0.1) is 0 Å². The smallest absolute Gasteiger partial charge is 0.257 e. The minimum Gasteiger partial charge on any atom is -0.467 e. The van der Waals surface area contributed by atoms with Gasteiger partial charge in [0.1, 0.15) is 5.76 Å². The predicted octanol–water partition coefficient (Wildman–Crippen LogP) is 2.66. The maximum Gasteiger partial charge on any atom is 0.257 e. The summed E-state index contributed by atoms with van der Waals surface area (Å²) in [5.74, 6) is 1.48. The summed E-state index contributed by atoms with van der Waals surface area (Å²) in [4.78, 5) is 25.9. The predicted molar refractivity (Wildman–Crippen MR) is 96.0 cm³/mol. The number of anilines is 1. The van der Waals surface area contributed by atoms with Crippen LogP contribution in [0.25, 0.3) is 0 Å². The highest BCUT2D eigenvalue weighted by molar-refractivity contribution is 5.94. The third kappa shape index (κ3) is 3.58. The molecule has 26 heavy (non-hydrogen) atoms. The van der Waals surface area contributed by atoms with E-state index in [1.54, 1.807) is 18.7 Å². The molecule has 2 aliphatic rings. The van der Waals surface area contributed by atoms with E-state index < -0.39 is 0 Å². The van der Waals surface area contributed by atoms with Crippen LogP contribution in [-0.4, -0.2) is 53.6 Å². The number of hydrogen-bond acceptors (Lipinski definition) is 6. The van der Waals surface area contributed by atoms with E-state index in [0.717, 1.165) is 51.1 Å². The summed E-state index contributed by atoms with van der Waals surface area (Å²) in [5.41, 5.74) is 0.528. The molecule has 1 atom stereocenters. The SMILES string of the molecule is O=C(c1cnc(N2CCOCC2)nc1)N1CCCCCC1c1ccco1. The molecule has 1 amide bonds. The maximum absolute atomic E-state index is 13.1. The van der Waals surface area contributed by atoms with Crippen molar-refractivity contribution >= 4 is 11.9 Å². The van der Waals surface area contributed by atoms with Gasteiger partial charge < -0.3 is 19.0 Å². The van der Waals surface area contributed by atoms with Crippen molar-refractivity contribution in [2.45, 2.75) is 31.7 Å². The van der Waals surface area contributed by atoms with Crippen LogP contribution in [-0.2, 0) is 4.74 Å². The Morgan fingerprint density at radius 3 is 2.62 bits per heavy atom. The van der Waals surface area contributed by atoms with Gasteiger partial charge in [-0.25, -0.2) is 9.97 Å². The third-order valence-electron chi connectivity index (χ3n) is 5.06. The molecule has 1 unspecified atom stereocenters. The molecule has 7 heteroatoms. The van der Waals surface area contributed by atoms with Crippen LogP contribution < -0.4 is 4.90 Å². The molecular formula is C19H24N4O3. The van der Waals surface area contributed by atoms with E-state index in [1.807, 2.05) is 17.0 Å². The number of ether oxygens (including phenoxy) is 1. The largest absolute Gasteiger partial charge is 0.467 e. The third-order valence-corrected chi connectivity index (χ3v) is 5.06. The Balaban J connectivity index is 1.53. The molecule has 2 aromatic heterocycles. The summed E-state index contributed by atoms with van der Waals surface area (Å²) in [6.45, 7) is 3.65. The Bertz CT molecular complexity index is 711. The number of carbonyl (C=O) groups excluding carboxylic acids is 1. The van der Waals surface area contributed by atoms with E-state index in [0.29, 0.717) is 24.7 Å². The van der Waals surface area contributed by atoms with Gasteiger partial charge in [-0.2, -0.15) is 0 Å². The van der Waals surface area contributed by atoms with Gasteiger partial charge in [0.25, 0.3) is 5.91 Å². The zero-order valence-electron chi connectivity index (χ0n) is 14.8. The minimum absolute atomic E-state index is 0.0149. The molecule has 2 saturated heterocycles. The van der Waals surface area contributed by atoms with E-state index in [4.69, 9.17) is 9.15 Å². The Kier molecular flexibility index (Phi) is 5.15.